The molecule has 0 atom stereocenters. The van der Waals surface area contributed by atoms with E-state index in [4.69, 9.17) is 15.7 Å². The number of oxime groups is 1. The Labute approximate surface area is 131 Å². The highest BCUT2D eigenvalue weighted by Gasteiger charge is 2.03. The van der Waals surface area contributed by atoms with Crippen LogP contribution in [0.15, 0.2) is 52.1 Å². The van der Waals surface area contributed by atoms with Crippen LogP contribution >= 0.6 is 15.9 Å². The Morgan fingerprint density at radius 3 is 2.62 bits per heavy atom. The summed E-state index contributed by atoms with van der Waals surface area (Å²) < 4.78 is 6.17. The summed E-state index contributed by atoms with van der Waals surface area (Å²) in [6.07, 6.45) is 0. The molecule has 4 N–H and O–H groups in total. The maximum Gasteiger partial charge on any atom is 0.170 e. The van der Waals surface area contributed by atoms with Crippen LogP contribution in [-0.4, -0.2) is 18.2 Å². The van der Waals surface area contributed by atoms with Crippen molar-refractivity contribution in [3.63, 3.8) is 0 Å². The van der Waals surface area contributed by atoms with Gasteiger partial charge in [0.05, 0.1) is 12.8 Å². The molecule has 6 heteroatoms. The fraction of sp³-hybridized carbons (Fsp3) is 0.133. The molecular formula is C15H16BrN3O2. The molecule has 0 fully saturated rings. The number of hydrogen-bond acceptors (Lipinski definition) is 4. The van der Waals surface area contributed by atoms with Crippen LogP contribution in [0.1, 0.15) is 11.1 Å². The molecular weight excluding hydrogens is 334 g/mol. The minimum Gasteiger partial charge on any atom is -0.497 e. The molecule has 2 aromatic rings. The van der Waals surface area contributed by atoms with E-state index >= 15 is 0 Å². The predicted octanol–water partition coefficient (Wildman–Crippen LogP) is 3.16. The van der Waals surface area contributed by atoms with Crippen LogP contribution in [0, 0.1) is 0 Å². The van der Waals surface area contributed by atoms with Crippen LogP contribution in [0.5, 0.6) is 5.75 Å². The van der Waals surface area contributed by atoms with Crippen LogP contribution in [0.3, 0.4) is 0 Å². The van der Waals surface area contributed by atoms with Crippen molar-refractivity contribution in [2.45, 2.75) is 6.54 Å². The number of amidine groups is 1. The Kier molecular flexibility index (Phi) is 5.05. The van der Waals surface area contributed by atoms with Gasteiger partial charge in [0.25, 0.3) is 0 Å². The van der Waals surface area contributed by atoms with Crippen molar-refractivity contribution < 1.29 is 9.94 Å². The van der Waals surface area contributed by atoms with E-state index in [2.05, 4.69) is 26.4 Å². The normalized spacial score (nSPS) is 11.2. The van der Waals surface area contributed by atoms with E-state index in [0.29, 0.717) is 12.1 Å². The van der Waals surface area contributed by atoms with Gasteiger partial charge in [-0.25, -0.2) is 0 Å². The van der Waals surface area contributed by atoms with Gasteiger partial charge in [0.1, 0.15) is 5.75 Å². The number of hydrogen-bond donors (Lipinski definition) is 3. The van der Waals surface area contributed by atoms with Gasteiger partial charge in [-0.1, -0.05) is 29.4 Å². The Morgan fingerprint density at radius 2 is 2.00 bits per heavy atom. The number of ether oxygens (including phenoxy) is 1. The number of nitrogens with one attached hydrogen (secondary N) is 1. The van der Waals surface area contributed by atoms with Gasteiger partial charge in [-0.05, 0) is 33.6 Å². The molecule has 0 aliphatic rings. The maximum absolute atomic E-state index is 8.62. The molecule has 0 saturated carbocycles. The van der Waals surface area contributed by atoms with Crippen molar-refractivity contribution in [2.24, 2.45) is 10.9 Å². The van der Waals surface area contributed by atoms with Crippen LogP contribution in [0.2, 0.25) is 0 Å². The lowest BCUT2D eigenvalue weighted by Gasteiger charge is -2.10. The summed E-state index contributed by atoms with van der Waals surface area (Å²) in [6.45, 7) is 0.655. The van der Waals surface area contributed by atoms with Crippen molar-refractivity contribution >= 4 is 27.5 Å². The Morgan fingerprint density at radius 1 is 1.29 bits per heavy atom. The molecule has 5 nitrogen and oxygen atoms in total. The Balaban J connectivity index is 2.06. The first-order chi connectivity index (χ1) is 10.1. The summed E-state index contributed by atoms with van der Waals surface area (Å²) in [6, 6.07) is 13.2. The van der Waals surface area contributed by atoms with E-state index in [0.717, 1.165) is 21.5 Å². The van der Waals surface area contributed by atoms with Crippen LogP contribution < -0.4 is 15.8 Å². The molecule has 0 unspecified atom stereocenters. The van der Waals surface area contributed by atoms with E-state index in [1.807, 2.05) is 42.5 Å². The molecule has 0 amide bonds. The fourth-order valence-electron chi connectivity index (χ4n) is 1.82. The zero-order chi connectivity index (χ0) is 15.2. The SMILES string of the molecule is COc1ccc(Br)c(NCc2ccc(C(N)=NO)cc2)c1. The zero-order valence-electron chi connectivity index (χ0n) is 11.5. The summed E-state index contributed by atoms with van der Waals surface area (Å²) in [5.41, 5.74) is 8.25. The highest BCUT2D eigenvalue weighted by molar-refractivity contribution is 9.10. The summed E-state index contributed by atoms with van der Waals surface area (Å²) in [5, 5.41) is 14.9. The Hall–Kier alpha value is -2.21. The van der Waals surface area contributed by atoms with Gasteiger partial charge in [-0.3, -0.25) is 0 Å². The quantitative estimate of drug-likeness (QED) is 0.335. The molecule has 0 aliphatic heterocycles. The number of anilines is 1. The standard InChI is InChI=1S/C15H16BrN3O2/c1-21-12-6-7-13(16)14(8-12)18-9-10-2-4-11(5-3-10)15(17)19-20/h2-8,18,20H,9H2,1H3,(H2,17,19). The van der Waals surface area contributed by atoms with Crippen molar-refractivity contribution in [3.05, 3.63) is 58.1 Å². The summed E-state index contributed by atoms with van der Waals surface area (Å²) in [7, 11) is 1.64. The topological polar surface area (TPSA) is 79.9 Å². The van der Waals surface area contributed by atoms with Crippen LogP contribution in [0.25, 0.3) is 0 Å². The molecule has 0 saturated heterocycles. The van der Waals surface area contributed by atoms with Crippen LogP contribution in [0.4, 0.5) is 5.69 Å². The van der Waals surface area contributed by atoms with Gasteiger partial charge < -0.3 is 21.0 Å². The van der Waals surface area contributed by atoms with Crippen molar-refractivity contribution in [1.82, 2.24) is 0 Å². The van der Waals surface area contributed by atoms with E-state index in [9.17, 15) is 0 Å². The number of nitrogens with two attached hydrogens (primary N) is 1. The van der Waals surface area contributed by atoms with Crippen molar-refractivity contribution in [3.8, 4) is 5.75 Å². The van der Waals surface area contributed by atoms with Gasteiger partial charge in [-0.2, -0.15) is 0 Å². The number of halogens is 1. The first-order valence-electron chi connectivity index (χ1n) is 6.28. The largest absolute Gasteiger partial charge is 0.497 e. The number of rotatable bonds is 5. The molecule has 110 valence electrons. The molecule has 0 heterocycles. The minimum absolute atomic E-state index is 0.102. The zero-order valence-corrected chi connectivity index (χ0v) is 13.1. The number of benzene rings is 2. The third-order valence-electron chi connectivity index (χ3n) is 3.01. The molecule has 2 rings (SSSR count). The lowest BCUT2D eigenvalue weighted by molar-refractivity contribution is 0.318. The summed E-state index contributed by atoms with van der Waals surface area (Å²) in [5.74, 6) is 0.896. The Bertz CT molecular complexity index is 642. The van der Waals surface area contributed by atoms with Gasteiger partial charge >= 0.3 is 0 Å². The lowest BCUT2D eigenvalue weighted by atomic mass is 10.1. The predicted molar refractivity (Wildman–Crippen MR) is 87.0 cm³/mol. The van der Waals surface area contributed by atoms with E-state index in [1.165, 1.54) is 0 Å². The molecule has 0 radical (unpaired) electrons. The van der Waals surface area contributed by atoms with Gasteiger partial charge in [-0.15, -0.1) is 0 Å². The molecule has 2 aromatic carbocycles. The lowest BCUT2D eigenvalue weighted by Crippen LogP contribution is -2.13. The second-order valence-electron chi connectivity index (χ2n) is 4.38. The highest BCUT2D eigenvalue weighted by Crippen LogP contribution is 2.27. The number of methoxy groups -OCH3 is 1. The average Bonchev–Trinajstić information content (AvgIpc) is 2.54. The first kappa shape index (κ1) is 15.2. The molecule has 0 aromatic heterocycles. The summed E-state index contributed by atoms with van der Waals surface area (Å²) in [4.78, 5) is 0. The molecule has 0 bridgehead atoms. The second kappa shape index (κ2) is 6.99. The van der Waals surface area contributed by atoms with Crippen molar-refractivity contribution in [2.75, 3.05) is 12.4 Å². The maximum atomic E-state index is 8.62. The van der Waals surface area contributed by atoms with Crippen LogP contribution in [-0.2, 0) is 6.54 Å². The first-order valence-corrected chi connectivity index (χ1v) is 7.07. The van der Waals surface area contributed by atoms with Gasteiger partial charge in [0.15, 0.2) is 5.84 Å². The van der Waals surface area contributed by atoms with Gasteiger partial charge in [0, 0.05) is 22.6 Å². The molecule has 21 heavy (non-hydrogen) atoms. The monoisotopic (exact) mass is 349 g/mol. The second-order valence-corrected chi connectivity index (χ2v) is 5.24. The highest BCUT2D eigenvalue weighted by atomic mass is 79.9. The third-order valence-corrected chi connectivity index (χ3v) is 3.71. The van der Waals surface area contributed by atoms with E-state index in [-0.39, 0.29) is 5.84 Å². The molecule has 0 spiro atoms. The van der Waals surface area contributed by atoms with Gasteiger partial charge in [0.2, 0.25) is 0 Å². The number of nitrogens with zero attached hydrogens (tertiary/aromatic N) is 1. The van der Waals surface area contributed by atoms with E-state index < -0.39 is 0 Å². The average molecular weight is 350 g/mol. The minimum atomic E-state index is 0.102. The molecule has 0 aliphatic carbocycles. The smallest absolute Gasteiger partial charge is 0.170 e. The fourth-order valence-corrected chi connectivity index (χ4v) is 2.20. The van der Waals surface area contributed by atoms with E-state index in [1.54, 1.807) is 7.11 Å². The van der Waals surface area contributed by atoms with Crippen molar-refractivity contribution in [1.29, 1.82) is 0 Å². The summed E-state index contributed by atoms with van der Waals surface area (Å²) >= 11 is 3.50. The third kappa shape index (κ3) is 3.88.